The molecule has 6 nitrogen and oxygen atoms in total. The number of fused-ring (bicyclic) bond motifs is 1. The molecule has 1 atom stereocenters. The molecule has 0 saturated carbocycles. The Balaban J connectivity index is 1.45. The highest BCUT2D eigenvalue weighted by Gasteiger charge is 2.33. The van der Waals surface area contributed by atoms with Gasteiger partial charge in [0, 0.05) is 37.7 Å². The Morgan fingerprint density at radius 1 is 1.29 bits per heavy atom. The van der Waals surface area contributed by atoms with Gasteiger partial charge in [-0.2, -0.15) is 0 Å². The van der Waals surface area contributed by atoms with Crippen LogP contribution in [0.3, 0.4) is 0 Å². The SMILES string of the molecule is Cc1noc(C)c1Cc1ccc(C(=O)N2CCN3CCCC3C2)o1. The molecule has 4 heterocycles. The lowest BCUT2D eigenvalue weighted by molar-refractivity contribution is 0.0540. The third-order valence-electron chi connectivity index (χ3n) is 5.28. The predicted molar refractivity (Wildman–Crippen MR) is 88.0 cm³/mol. The Kier molecular flexibility index (Phi) is 3.92. The molecule has 2 aliphatic heterocycles. The highest BCUT2D eigenvalue weighted by molar-refractivity contribution is 5.91. The van der Waals surface area contributed by atoms with Gasteiger partial charge in [0.05, 0.1) is 5.69 Å². The lowest BCUT2D eigenvalue weighted by Gasteiger charge is -2.37. The summed E-state index contributed by atoms with van der Waals surface area (Å²) in [6.45, 7) is 7.57. The van der Waals surface area contributed by atoms with E-state index < -0.39 is 0 Å². The molecule has 0 N–H and O–H groups in total. The molecule has 24 heavy (non-hydrogen) atoms. The summed E-state index contributed by atoms with van der Waals surface area (Å²) >= 11 is 0. The maximum Gasteiger partial charge on any atom is 0.289 e. The maximum absolute atomic E-state index is 12.7. The summed E-state index contributed by atoms with van der Waals surface area (Å²) in [5.41, 5.74) is 1.90. The van der Waals surface area contributed by atoms with E-state index in [9.17, 15) is 4.79 Å². The summed E-state index contributed by atoms with van der Waals surface area (Å²) in [5.74, 6) is 2.01. The van der Waals surface area contributed by atoms with Crippen LogP contribution < -0.4 is 0 Å². The van der Waals surface area contributed by atoms with Crippen molar-refractivity contribution in [1.29, 1.82) is 0 Å². The predicted octanol–water partition coefficient (Wildman–Crippen LogP) is 2.40. The Morgan fingerprint density at radius 2 is 2.17 bits per heavy atom. The van der Waals surface area contributed by atoms with Gasteiger partial charge in [-0.1, -0.05) is 5.16 Å². The fourth-order valence-corrected chi connectivity index (χ4v) is 3.85. The largest absolute Gasteiger partial charge is 0.456 e. The van der Waals surface area contributed by atoms with Crippen LogP contribution in [0.15, 0.2) is 21.1 Å². The van der Waals surface area contributed by atoms with Crippen molar-refractivity contribution in [2.45, 2.75) is 39.2 Å². The molecular formula is C18H23N3O3. The molecule has 2 fully saturated rings. The van der Waals surface area contributed by atoms with Crippen molar-refractivity contribution in [1.82, 2.24) is 15.0 Å². The first-order valence-corrected chi connectivity index (χ1v) is 8.65. The lowest BCUT2D eigenvalue weighted by Crippen LogP contribution is -2.51. The van der Waals surface area contributed by atoms with Gasteiger partial charge < -0.3 is 13.8 Å². The molecule has 2 aromatic heterocycles. The van der Waals surface area contributed by atoms with Crippen molar-refractivity contribution in [3.8, 4) is 0 Å². The van der Waals surface area contributed by atoms with E-state index in [4.69, 9.17) is 8.94 Å². The van der Waals surface area contributed by atoms with Crippen LogP contribution in [0.1, 0.15) is 46.2 Å². The highest BCUT2D eigenvalue weighted by Crippen LogP contribution is 2.24. The van der Waals surface area contributed by atoms with E-state index in [1.54, 1.807) is 6.07 Å². The first-order valence-electron chi connectivity index (χ1n) is 8.65. The van der Waals surface area contributed by atoms with Crippen molar-refractivity contribution in [2.24, 2.45) is 0 Å². The Labute approximate surface area is 141 Å². The minimum Gasteiger partial charge on any atom is -0.456 e. The van der Waals surface area contributed by atoms with Gasteiger partial charge in [0.15, 0.2) is 5.76 Å². The van der Waals surface area contributed by atoms with Crippen LogP contribution in [0, 0.1) is 13.8 Å². The summed E-state index contributed by atoms with van der Waals surface area (Å²) in [6, 6.07) is 4.20. The lowest BCUT2D eigenvalue weighted by atomic mass is 10.1. The van der Waals surface area contributed by atoms with E-state index in [1.165, 1.54) is 19.4 Å². The molecular weight excluding hydrogens is 306 g/mol. The van der Waals surface area contributed by atoms with E-state index in [2.05, 4.69) is 10.1 Å². The summed E-state index contributed by atoms with van der Waals surface area (Å²) in [7, 11) is 0. The minimum absolute atomic E-state index is 0.00608. The van der Waals surface area contributed by atoms with Crippen LogP contribution in [-0.4, -0.2) is 53.1 Å². The average Bonchev–Trinajstić information content (AvgIpc) is 3.30. The van der Waals surface area contributed by atoms with Crippen molar-refractivity contribution in [3.05, 3.63) is 40.7 Å². The second kappa shape index (κ2) is 6.09. The van der Waals surface area contributed by atoms with Gasteiger partial charge in [-0.05, 0) is 45.4 Å². The van der Waals surface area contributed by atoms with Gasteiger partial charge in [0.1, 0.15) is 11.5 Å². The molecule has 6 heteroatoms. The number of amides is 1. The number of carbonyl (C=O) groups is 1. The number of aryl methyl sites for hydroxylation is 2. The second-order valence-corrected chi connectivity index (χ2v) is 6.83. The molecule has 0 spiro atoms. The number of rotatable bonds is 3. The highest BCUT2D eigenvalue weighted by atomic mass is 16.5. The zero-order valence-corrected chi connectivity index (χ0v) is 14.2. The number of piperazine rings is 1. The number of aromatic nitrogens is 1. The fourth-order valence-electron chi connectivity index (χ4n) is 3.85. The van der Waals surface area contributed by atoms with Gasteiger partial charge in [0.2, 0.25) is 0 Å². The average molecular weight is 329 g/mol. The Hall–Kier alpha value is -2.08. The first-order chi connectivity index (χ1) is 11.6. The van der Waals surface area contributed by atoms with Crippen LogP contribution >= 0.6 is 0 Å². The van der Waals surface area contributed by atoms with E-state index in [-0.39, 0.29) is 5.91 Å². The zero-order chi connectivity index (χ0) is 16.7. The van der Waals surface area contributed by atoms with E-state index in [0.29, 0.717) is 18.2 Å². The van der Waals surface area contributed by atoms with Crippen molar-refractivity contribution in [2.75, 3.05) is 26.2 Å². The van der Waals surface area contributed by atoms with Crippen LogP contribution in [0.25, 0.3) is 0 Å². The monoisotopic (exact) mass is 329 g/mol. The number of carbonyl (C=O) groups excluding carboxylic acids is 1. The van der Waals surface area contributed by atoms with E-state index in [1.807, 2.05) is 24.8 Å². The van der Waals surface area contributed by atoms with Crippen LogP contribution in [0.5, 0.6) is 0 Å². The summed E-state index contributed by atoms with van der Waals surface area (Å²) in [4.78, 5) is 17.2. The zero-order valence-electron chi connectivity index (χ0n) is 14.2. The van der Waals surface area contributed by atoms with Gasteiger partial charge in [-0.25, -0.2) is 0 Å². The normalized spacial score (nSPS) is 21.2. The molecule has 1 unspecified atom stereocenters. The van der Waals surface area contributed by atoms with E-state index >= 15 is 0 Å². The Bertz CT molecular complexity index is 729. The smallest absolute Gasteiger partial charge is 0.289 e. The van der Waals surface area contributed by atoms with Gasteiger partial charge in [-0.3, -0.25) is 9.69 Å². The fraction of sp³-hybridized carbons (Fsp3) is 0.556. The molecule has 128 valence electrons. The third kappa shape index (κ3) is 2.75. The van der Waals surface area contributed by atoms with Gasteiger partial charge in [-0.15, -0.1) is 0 Å². The molecule has 0 radical (unpaired) electrons. The number of nitrogens with zero attached hydrogens (tertiary/aromatic N) is 3. The van der Waals surface area contributed by atoms with Gasteiger partial charge in [0.25, 0.3) is 5.91 Å². The quantitative estimate of drug-likeness (QED) is 0.865. The minimum atomic E-state index is 0.00608. The number of hydrogen-bond acceptors (Lipinski definition) is 5. The molecule has 2 aromatic rings. The molecule has 0 aliphatic carbocycles. The number of furan rings is 1. The van der Waals surface area contributed by atoms with Crippen LogP contribution in [0.2, 0.25) is 0 Å². The third-order valence-corrected chi connectivity index (χ3v) is 5.28. The molecule has 0 aromatic carbocycles. The summed E-state index contributed by atoms with van der Waals surface area (Å²) in [5, 5.41) is 3.96. The van der Waals surface area contributed by atoms with Crippen molar-refractivity contribution >= 4 is 5.91 Å². The number of hydrogen-bond donors (Lipinski definition) is 0. The summed E-state index contributed by atoms with van der Waals surface area (Å²) < 4.78 is 11.0. The first kappa shape index (κ1) is 15.4. The van der Waals surface area contributed by atoms with Crippen molar-refractivity contribution < 1.29 is 13.7 Å². The van der Waals surface area contributed by atoms with Crippen LogP contribution in [0.4, 0.5) is 0 Å². The molecule has 2 saturated heterocycles. The molecule has 4 rings (SSSR count). The maximum atomic E-state index is 12.7. The Morgan fingerprint density at radius 3 is 2.96 bits per heavy atom. The standard InChI is InChI=1S/C18H23N3O3/c1-12-16(13(2)24-19-12)10-15-5-6-17(23-15)18(22)21-9-8-20-7-3-4-14(20)11-21/h5-6,14H,3-4,7-11H2,1-2H3. The van der Waals surface area contributed by atoms with E-state index in [0.717, 1.165) is 42.4 Å². The molecule has 0 bridgehead atoms. The molecule has 2 aliphatic rings. The van der Waals surface area contributed by atoms with Gasteiger partial charge >= 0.3 is 0 Å². The van der Waals surface area contributed by atoms with Crippen LogP contribution in [-0.2, 0) is 6.42 Å². The molecule has 1 amide bonds. The second-order valence-electron chi connectivity index (χ2n) is 6.83. The topological polar surface area (TPSA) is 62.7 Å². The summed E-state index contributed by atoms with van der Waals surface area (Å²) in [6.07, 6.45) is 3.04. The van der Waals surface area contributed by atoms with Crippen molar-refractivity contribution in [3.63, 3.8) is 0 Å².